The van der Waals surface area contributed by atoms with Crippen LogP contribution in [0.5, 0.6) is 0 Å². The van der Waals surface area contributed by atoms with Crippen LogP contribution in [0.2, 0.25) is 0 Å². The molecule has 0 saturated carbocycles. The molecule has 3 nitrogen and oxygen atoms in total. The minimum absolute atomic E-state index is 0.189. The summed E-state index contributed by atoms with van der Waals surface area (Å²) in [4.78, 5) is 2.51. The first-order valence-corrected chi connectivity index (χ1v) is 26.8. The molecule has 0 saturated heterocycles. The third-order valence-electron chi connectivity index (χ3n) is 18.1. The topological polar surface area (TPSA) is 29.5 Å². The fourth-order valence-electron chi connectivity index (χ4n) is 14.2. The first-order chi connectivity index (χ1) is 37.0. The zero-order chi connectivity index (χ0) is 51.0. The number of furan rings is 2. The van der Waals surface area contributed by atoms with Crippen molar-refractivity contribution in [1.82, 2.24) is 0 Å². The predicted molar refractivity (Wildman–Crippen MR) is 317 cm³/mol. The molecule has 0 bridgehead atoms. The number of benzene rings is 11. The summed E-state index contributed by atoms with van der Waals surface area (Å²) >= 11 is 0. The lowest BCUT2D eigenvalue weighted by Gasteiger charge is -2.31. The first-order valence-electron chi connectivity index (χ1n) is 26.8. The highest BCUT2D eigenvalue weighted by molar-refractivity contribution is 6.20. The number of anilines is 3. The second-order valence-electron chi connectivity index (χ2n) is 23.1. The van der Waals surface area contributed by atoms with Crippen LogP contribution in [0.3, 0.4) is 0 Å². The summed E-state index contributed by atoms with van der Waals surface area (Å²) in [5.74, 6) is 0. The van der Waals surface area contributed by atoms with Gasteiger partial charge < -0.3 is 13.7 Å². The van der Waals surface area contributed by atoms with Crippen LogP contribution in [0.25, 0.3) is 110 Å². The molecule has 11 aromatic carbocycles. The standard InChI is InChI=1S/C73H53NO2/c1-71(2)56-35-36-65-69(52-26-14-16-29-63(52)75-65)67(56)55-41-59-53(39-60(55)71)49-33-31-44(37-57(49)72(59,3)4)74(62-28-15-12-24-47(62)43-19-8-7-9-20-43)45-32-34-50-58(38-45)73(5,6)61-40-54(48-27-18-22-42-21-10-11-23-46(42)48)66-51-25-13-17-30-64(51)76-70(66)68(50)61/h7-41H,1-6H3. The minimum Gasteiger partial charge on any atom is -0.456 e. The molecule has 0 fully saturated rings. The normalized spacial score (nSPS) is 15.0. The monoisotopic (exact) mass is 975 g/mol. The van der Waals surface area contributed by atoms with E-state index in [-0.39, 0.29) is 16.2 Å². The molecular weight excluding hydrogens is 923 g/mol. The molecule has 0 amide bonds. The van der Waals surface area contributed by atoms with Gasteiger partial charge in [0, 0.05) is 60.3 Å². The number of fused-ring (bicyclic) bond motifs is 18. The lowest BCUT2D eigenvalue weighted by molar-refractivity contribution is 0.651. The average Bonchev–Trinajstić information content (AvgIpc) is 4.40. The van der Waals surface area contributed by atoms with Crippen molar-refractivity contribution >= 4 is 71.7 Å². The zero-order valence-electron chi connectivity index (χ0n) is 43.5. The molecule has 0 atom stereocenters. The van der Waals surface area contributed by atoms with E-state index < -0.39 is 0 Å². The van der Waals surface area contributed by atoms with E-state index in [0.29, 0.717) is 0 Å². The Bertz CT molecular complexity index is 4670. The van der Waals surface area contributed by atoms with E-state index in [1.165, 1.54) is 116 Å². The van der Waals surface area contributed by atoms with Crippen molar-refractivity contribution in [2.75, 3.05) is 4.90 Å². The van der Waals surface area contributed by atoms with Gasteiger partial charge >= 0.3 is 0 Å². The smallest absolute Gasteiger partial charge is 0.144 e. The third kappa shape index (κ3) is 5.72. The van der Waals surface area contributed by atoms with E-state index in [0.717, 1.165) is 44.8 Å². The summed E-state index contributed by atoms with van der Waals surface area (Å²) in [6, 6.07) is 78.7. The molecule has 3 aliphatic carbocycles. The van der Waals surface area contributed by atoms with E-state index >= 15 is 0 Å². The average molecular weight is 976 g/mol. The molecule has 0 unspecified atom stereocenters. The lowest BCUT2D eigenvalue weighted by atomic mass is 9.79. The van der Waals surface area contributed by atoms with Crippen LogP contribution >= 0.6 is 0 Å². The van der Waals surface area contributed by atoms with Crippen molar-refractivity contribution in [3.8, 4) is 55.6 Å². The van der Waals surface area contributed by atoms with E-state index in [1.54, 1.807) is 0 Å². The van der Waals surface area contributed by atoms with Gasteiger partial charge in [-0.05, 0) is 155 Å². The zero-order valence-corrected chi connectivity index (χ0v) is 43.5. The van der Waals surface area contributed by atoms with E-state index in [4.69, 9.17) is 8.83 Å². The van der Waals surface area contributed by atoms with Crippen molar-refractivity contribution in [3.63, 3.8) is 0 Å². The van der Waals surface area contributed by atoms with Crippen LogP contribution in [-0.2, 0) is 16.2 Å². The van der Waals surface area contributed by atoms with Gasteiger partial charge in [0.2, 0.25) is 0 Å². The molecule has 16 rings (SSSR count). The molecule has 76 heavy (non-hydrogen) atoms. The highest BCUT2D eigenvalue weighted by Gasteiger charge is 2.44. The summed E-state index contributed by atoms with van der Waals surface area (Å²) in [7, 11) is 0. The number of rotatable bonds is 5. The maximum absolute atomic E-state index is 7.06. The Hall–Kier alpha value is -8.92. The van der Waals surface area contributed by atoms with Gasteiger partial charge in [0.25, 0.3) is 0 Å². The SMILES string of the molecule is CC1(C)c2cc(N(c3ccc4c(c3)C(C)(C)c3cc(-c5cccc6ccccc56)c5c(oc6ccccc65)c3-4)c3ccccc3-c3ccccc3)ccc2-c2cc3c(cc21)-c1c(ccc2oc4ccccc4c12)C3(C)C. The number of nitrogens with zero attached hydrogens (tertiary/aromatic N) is 1. The third-order valence-corrected chi connectivity index (χ3v) is 18.1. The second kappa shape index (κ2) is 15.1. The molecule has 2 heterocycles. The summed E-state index contributed by atoms with van der Waals surface area (Å²) in [6.45, 7) is 14.4. The van der Waals surface area contributed by atoms with Gasteiger partial charge in [0.1, 0.15) is 22.3 Å². The molecule has 362 valence electrons. The number of hydrogen-bond acceptors (Lipinski definition) is 3. The molecule has 3 heteroatoms. The Kier molecular flexibility index (Phi) is 8.65. The van der Waals surface area contributed by atoms with Crippen molar-refractivity contribution in [2.45, 2.75) is 57.8 Å². The highest BCUT2D eigenvalue weighted by atomic mass is 16.3. The number of para-hydroxylation sites is 3. The van der Waals surface area contributed by atoms with Crippen LogP contribution < -0.4 is 4.90 Å². The molecule has 0 aliphatic heterocycles. The Labute approximate surface area is 442 Å². The summed E-state index contributed by atoms with van der Waals surface area (Å²) in [6.07, 6.45) is 0. The van der Waals surface area contributed by atoms with E-state index in [2.05, 4.69) is 259 Å². The quantitative estimate of drug-likeness (QED) is 0.172. The Balaban J connectivity index is 0.887. The van der Waals surface area contributed by atoms with Gasteiger partial charge in [0.05, 0.1) is 5.69 Å². The Morgan fingerprint density at radius 2 is 0.868 bits per heavy atom. The Morgan fingerprint density at radius 1 is 0.316 bits per heavy atom. The molecule has 3 aliphatic rings. The van der Waals surface area contributed by atoms with Gasteiger partial charge in [-0.25, -0.2) is 0 Å². The second-order valence-corrected chi connectivity index (χ2v) is 23.1. The van der Waals surface area contributed by atoms with Crippen LogP contribution in [0, 0.1) is 0 Å². The lowest BCUT2D eigenvalue weighted by Crippen LogP contribution is -2.18. The van der Waals surface area contributed by atoms with Gasteiger partial charge in [-0.3, -0.25) is 0 Å². The van der Waals surface area contributed by atoms with Crippen LogP contribution in [0.15, 0.2) is 221 Å². The molecule has 0 radical (unpaired) electrons. The van der Waals surface area contributed by atoms with Crippen molar-refractivity contribution in [2.24, 2.45) is 0 Å². The Morgan fingerprint density at radius 3 is 1.66 bits per heavy atom. The van der Waals surface area contributed by atoms with E-state index in [1.807, 2.05) is 0 Å². The van der Waals surface area contributed by atoms with Gasteiger partial charge in [-0.15, -0.1) is 0 Å². The molecule has 2 aromatic heterocycles. The van der Waals surface area contributed by atoms with E-state index in [9.17, 15) is 0 Å². The van der Waals surface area contributed by atoms with Gasteiger partial charge in [0.15, 0.2) is 0 Å². The first kappa shape index (κ1) is 43.5. The maximum atomic E-state index is 7.06. The maximum Gasteiger partial charge on any atom is 0.144 e. The van der Waals surface area contributed by atoms with Crippen molar-refractivity contribution < 1.29 is 8.83 Å². The van der Waals surface area contributed by atoms with Gasteiger partial charge in [-0.2, -0.15) is 0 Å². The van der Waals surface area contributed by atoms with Crippen LogP contribution in [0.4, 0.5) is 17.1 Å². The summed E-state index contributed by atoms with van der Waals surface area (Å²) < 4.78 is 13.6. The van der Waals surface area contributed by atoms with Gasteiger partial charge in [-0.1, -0.05) is 187 Å². The summed E-state index contributed by atoms with van der Waals surface area (Å²) in [5.41, 5.74) is 26.7. The molecule has 13 aromatic rings. The largest absolute Gasteiger partial charge is 0.456 e. The molecule has 0 N–H and O–H groups in total. The summed E-state index contributed by atoms with van der Waals surface area (Å²) in [5, 5.41) is 7.16. The fourth-order valence-corrected chi connectivity index (χ4v) is 14.2. The molecular formula is C73H53NO2. The highest BCUT2D eigenvalue weighted by Crippen LogP contribution is 2.60. The number of hydrogen-bond donors (Lipinski definition) is 0. The van der Waals surface area contributed by atoms with Crippen molar-refractivity contribution in [3.05, 3.63) is 246 Å². The predicted octanol–water partition coefficient (Wildman–Crippen LogP) is 20.4. The van der Waals surface area contributed by atoms with Crippen LogP contribution in [-0.4, -0.2) is 0 Å². The van der Waals surface area contributed by atoms with Crippen molar-refractivity contribution in [1.29, 1.82) is 0 Å². The fraction of sp³-hybridized carbons (Fsp3) is 0.123. The molecule has 0 spiro atoms. The minimum atomic E-state index is -0.361. The van der Waals surface area contributed by atoms with Crippen LogP contribution in [0.1, 0.15) is 74.9 Å².